The highest BCUT2D eigenvalue weighted by molar-refractivity contribution is 5.07. The lowest BCUT2D eigenvalue weighted by Gasteiger charge is -2.08. The SMILES string of the molecule is C#N.CCCCCCCn1cccc1CCC. The second-order valence-electron chi connectivity index (χ2n) is 4.36. The zero-order chi connectivity index (χ0) is 12.9. The van der Waals surface area contributed by atoms with Crippen LogP contribution in [0.4, 0.5) is 0 Å². The van der Waals surface area contributed by atoms with Gasteiger partial charge in [0.1, 0.15) is 0 Å². The number of nitrogens with zero attached hydrogens (tertiary/aromatic N) is 2. The highest BCUT2D eigenvalue weighted by atomic mass is 15.0. The van der Waals surface area contributed by atoms with Gasteiger partial charge in [0.05, 0.1) is 0 Å². The van der Waals surface area contributed by atoms with Gasteiger partial charge in [0, 0.05) is 25.0 Å². The van der Waals surface area contributed by atoms with Crippen LogP contribution < -0.4 is 0 Å². The first kappa shape index (κ1) is 15.8. The molecule has 0 aliphatic rings. The number of unbranched alkanes of at least 4 members (excludes halogenated alkanes) is 4. The lowest BCUT2D eigenvalue weighted by atomic mass is 10.1. The average molecular weight is 234 g/mol. The van der Waals surface area contributed by atoms with Gasteiger partial charge >= 0.3 is 0 Å². The highest BCUT2D eigenvalue weighted by Crippen LogP contribution is 2.09. The third-order valence-corrected chi connectivity index (χ3v) is 2.93. The van der Waals surface area contributed by atoms with Gasteiger partial charge in [-0.25, -0.2) is 5.26 Å². The molecule has 1 rings (SSSR count). The van der Waals surface area contributed by atoms with Gasteiger partial charge in [-0.15, -0.1) is 0 Å². The minimum atomic E-state index is 1.21. The van der Waals surface area contributed by atoms with Crippen LogP contribution in [0.3, 0.4) is 0 Å². The summed E-state index contributed by atoms with van der Waals surface area (Å²) in [5.41, 5.74) is 1.51. The zero-order valence-corrected chi connectivity index (χ0v) is 11.4. The maximum Gasteiger partial charge on any atom is 0.0462 e. The quantitative estimate of drug-likeness (QED) is 0.606. The Balaban J connectivity index is 0.00000121. The van der Waals surface area contributed by atoms with Crippen molar-refractivity contribution in [2.45, 2.75) is 65.3 Å². The van der Waals surface area contributed by atoms with E-state index in [1.807, 2.05) is 0 Å². The highest BCUT2D eigenvalue weighted by Gasteiger charge is 1.98. The summed E-state index contributed by atoms with van der Waals surface area (Å²) in [5.74, 6) is 0. The van der Waals surface area contributed by atoms with E-state index in [1.54, 1.807) is 0 Å². The monoisotopic (exact) mass is 234 g/mol. The predicted molar refractivity (Wildman–Crippen MR) is 73.9 cm³/mol. The van der Waals surface area contributed by atoms with Crippen LogP contribution in [-0.4, -0.2) is 4.57 Å². The first-order chi connectivity index (χ1) is 8.38. The molecule has 1 heterocycles. The summed E-state index contributed by atoms with van der Waals surface area (Å²) in [6, 6.07) is 4.44. The van der Waals surface area contributed by atoms with Crippen molar-refractivity contribution in [3.63, 3.8) is 0 Å². The number of aromatic nitrogens is 1. The van der Waals surface area contributed by atoms with Crippen molar-refractivity contribution >= 4 is 0 Å². The molecule has 0 saturated heterocycles. The van der Waals surface area contributed by atoms with Gasteiger partial charge in [-0.2, -0.15) is 0 Å². The summed E-state index contributed by atoms with van der Waals surface area (Å²) in [5, 5.41) is 6.50. The Morgan fingerprint density at radius 1 is 1.06 bits per heavy atom. The molecule has 0 radical (unpaired) electrons. The molecule has 96 valence electrons. The van der Waals surface area contributed by atoms with Gasteiger partial charge in [-0.1, -0.05) is 46.0 Å². The maximum atomic E-state index is 6.50. The number of rotatable bonds is 8. The summed E-state index contributed by atoms with van der Waals surface area (Å²) in [4.78, 5) is 0. The maximum absolute atomic E-state index is 6.50. The molecule has 0 saturated carbocycles. The van der Waals surface area contributed by atoms with Crippen molar-refractivity contribution in [2.75, 3.05) is 0 Å². The summed E-state index contributed by atoms with van der Waals surface area (Å²) >= 11 is 0. The Morgan fingerprint density at radius 3 is 2.41 bits per heavy atom. The minimum absolute atomic E-state index is 1.21. The minimum Gasteiger partial charge on any atom is -0.351 e. The molecule has 0 fully saturated rings. The molecule has 0 amide bonds. The molecule has 0 atom stereocenters. The molecule has 2 nitrogen and oxygen atoms in total. The standard InChI is InChI=1S/C14H25N.CHN/c1-3-5-6-7-8-12-15-13-9-11-14(15)10-4-2;1-2/h9,11,13H,3-8,10,12H2,1-2H3;1H. The van der Waals surface area contributed by atoms with Crippen molar-refractivity contribution in [2.24, 2.45) is 0 Å². The Kier molecular flexibility index (Phi) is 10.4. The molecule has 1 aromatic rings. The second-order valence-corrected chi connectivity index (χ2v) is 4.36. The topological polar surface area (TPSA) is 28.7 Å². The second kappa shape index (κ2) is 11.3. The Bertz CT molecular complexity index is 286. The third-order valence-electron chi connectivity index (χ3n) is 2.93. The fourth-order valence-electron chi connectivity index (χ4n) is 2.04. The molecule has 0 aliphatic heterocycles. The van der Waals surface area contributed by atoms with Crippen LogP contribution in [0.1, 0.15) is 58.1 Å². The van der Waals surface area contributed by atoms with Crippen LogP contribution in [0.25, 0.3) is 0 Å². The van der Waals surface area contributed by atoms with Crippen LogP contribution in [0.5, 0.6) is 0 Å². The Morgan fingerprint density at radius 2 is 1.76 bits per heavy atom. The molecule has 0 aliphatic carbocycles. The summed E-state index contributed by atoms with van der Waals surface area (Å²) in [6.07, 6.45) is 11.6. The molecule has 0 aromatic carbocycles. The fourth-order valence-corrected chi connectivity index (χ4v) is 2.04. The van der Waals surface area contributed by atoms with Crippen molar-refractivity contribution in [3.05, 3.63) is 24.0 Å². The molecule has 0 unspecified atom stereocenters. The summed E-state index contributed by atoms with van der Waals surface area (Å²) in [7, 11) is 0. The van der Waals surface area contributed by atoms with Crippen molar-refractivity contribution in [1.29, 1.82) is 5.26 Å². The van der Waals surface area contributed by atoms with Crippen LogP contribution in [0, 0.1) is 11.8 Å². The van der Waals surface area contributed by atoms with Gasteiger partial charge in [-0.05, 0) is 25.0 Å². The zero-order valence-electron chi connectivity index (χ0n) is 11.4. The Labute approximate surface area is 106 Å². The fraction of sp³-hybridized carbons (Fsp3) is 0.667. The van der Waals surface area contributed by atoms with Gasteiger partial charge < -0.3 is 4.57 Å². The van der Waals surface area contributed by atoms with Crippen LogP contribution in [0.15, 0.2) is 18.3 Å². The lowest BCUT2D eigenvalue weighted by Crippen LogP contribution is -2.01. The number of hydrogen-bond donors (Lipinski definition) is 0. The summed E-state index contributed by atoms with van der Waals surface area (Å²) < 4.78 is 2.43. The predicted octanol–water partition coefficient (Wildman–Crippen LogP) is 4.55. The van der Waals surface area contributed by atoms with Gasteiger partial charge in [0.2, 0.25) is 0 Å². The van der Waals surface area contributed by atoms with Crippen LogP contribution in [-0.2, 0) is 13.0 Å². The molecular weight excluding hydrogens is 208 g/mol. The van der Waals surface area contributed by atoms with Crippen LogP contribution in [0.2, 0.25) is 0 Å². The van der Waals surface area contributed by atoms with E-state index >= 15 is 0 Å². The normalized spacial score (nSPS) is 9.65. The van der Waals surface area contributed by atoms with Crippen LogP contribution >= 0.6 is 0 Å². The summed E-state index contributed by atoms with van der Waals surface area (Å²) in [6.45, 7) is 9.23. The molecular formula is C15H26N2. The smallest absolute Gasteiger partial charge is 0.0462 e. The third kappa shape index (κ3) is 6.84. The van der Waals surface area contributed by atoms with E-state index in [2.05, 4.69) is 43.3 Å². The van der Waals surface area contributed by atoms with Gasteiger partial charge in [0.25, 0.3) is 0 Å². The lowest BCUT2D eigenvalue weighted by molar-refractivity contribution is 0.556. The number of hydrogen-bond acceptors (Lipinski definition) is 1. The van der Waals surface area contributed by atoms with Crippen molar-refractivity contribution in [3.8, 4) is 6.57 Å². The van der Waals surface area contributed by atoms with E-state index in [0.717, 1.165) is 0 Å². The first-order valence-electron chi connectivity index (χ1n) is 6.78. The van der Waals surface area contributed by atoms with E-state index in [4.69, 9.17) is 5.26 Å². The van der Waals surface area contributed by atoms with E-state index in [0.29, 0.717) is 0 Å². The van der Waals surface area contributed by atoms with E-state index in [-0.39, 0.29) is 0 Å². The largest absolute Gasteiger partial charge is 0.351 e. The van der Waals surface area contributed by atoms with E-state index < -0.39 is 0 Å². The Hall–Kier alpha value is -1.23. The van der Waals surface area contributed by atoms with Crippen molar-refractivity contribution < 1.29 is 0 Å². The number of nitriles is 1. The van der Waals surface area contributed by atoms with E-state index in [9.17, 15) is 0 Å². The molecule has 0 bridgehead atoms. The molecule has 0 spiro atoms. The van der Waals surface area contributed by atoms with Crippen molar-refractivity contribution in [1.82, 2.24) is 4.57 Å². The molecule has 1 aromatic heterocycles. The molecule has 2 heteroatoms. The molecule has 0 N–H and O–H groups in total. The van der Waals surface area contributed by atoms with Gasteiger partial charge in [0.15, 0.2) is 0 Å². The van der Waals surface area contributed by atoms with Gasteiger partial charge in [-0.3, -0.25) is 0 Å². The molecule has 17 heavy (non-hydrogen) atoms. The number of aryl methyl sites for hydroxylation is 2. The average Bonchev–Trinajstić information content (AvgIpc) is 2.80. The first-order valence-corrected chi connectivity index (χ1v) is 6.78. The van der Waals surface area contributed by atoms with E-state index in [1.165, 1.54) is 57.2 Å².